The minimum atomic E-state index is -0.109. The number of aromatic amines is 1. The fourth-order valence-corrected chi connectivity index (χ4v) is 4.05. The average Bonchev–Trinajstić information content (AvgIpc) is 3.03. The van der Waals surface area contributed by atoms with Crippen LogP contribution in [-0.4, -0.2) is 49.4 Å². The number of nitrogens with one attached hydrogen (secondary N) is 1. The second-order valence-electron chi connectivity index (χ2n) is 7.77. The van der Waals surface area contributed by atoms with E-state index in [1.807, 2.05) is 36.1 Å². The van der Waals surface area contributed by atoms with Crippen LogP contribution >= 0.6 is 0 Å². The smallest absolute Gasteiger partial charge is 0.272 e. The van der Waals surface area contributed by atoms with E-state index in [0.717, 1.165) is 29.9 Å². The van der Waals surface area contributed by atoms with Gasteiger partial charge in [-0.05, 0) is 18.9 Å². The maximum absolute atomic E-state index is 12.8. The molecule has 0 aliphatic carbocycles. The van der Waals surface area contributed by atoms with Gasteiger partial charge in [-0.2, -0.15) is 0 Å². The number of nitrogens with zero attached hydrogens (tertiary/aromatic N) is 4. The molecule has 1 amide bonds. The Morgan fingerprint density at radius 2 is 1.93 bits per heavy atom. The van der Waals surface area contributed by atoms with Crippen LogP contribution in [0.15, 0.2) is 47.3 Å². The topological polar surface area (TPSA) is 73.7 Å². The zero-order chi connectivity index (χ0) is 20.4. The van der Waals surface area contributed by atoms with Crippen LogP contribution in [-0.2, 0) is 17.9 Å². The van der Waals surface area contributed by atoms with Gasteiger partial charge in [0.25, 0.3) is 5.56 Å². The number of benzene rings is 1. The van der Waals surface area contributed by atoms with Crippen molar-refractivity contribution in [1.29, 1.82) is 0 Å². The molecule has 3 heterocycles. The van der Waals surface area contributed by atoms with Crippen LogP contribution in [0.2, 0.25) is 0 Å². The highest BCUT2D eigenvalue weighted by Crippen LogP contribution is 2.19. The molecule has 2 aromatic heterocycles. The van der Waals surface area contributed by atoms with Crippen LogP contribution < -0.4 is 5.56 Å². The minimum absolute atomic E-state index is 0.109. The molecule has 0 saturated carbocycles. The van der Waals surface area contributed by atoms with Crippen LogP contribution in [0.5, 0.6) is 0 Å². The summed E-state index contributed by atoms with van der Waals surface area (Å²) in [6, 6.07) is 13.7. The Labute approximate surface area is 170 Å². The Balaban J connectivity index is 1.52. The number of amides is 1. The molecule has 0 unspecified atom stereocenters. The summed E-state index contributed by atoms with van der Waals surface area (Å²) in [5.74, 6) is 0.188. The molecule has 1 aliphatic rings. The molecule has 1 aliphatic heterocycles. The van der Waals surface area contributed by atoms with Crippen LogP contribution in [0.25, 0.3) is 5.65 Å². The lowest BCUT2D eigenvalue weighted by Gasteiger charge is -2.31. The van der Waals surface area contributed by atoms with Gasteiger partial charge in [0.1, 0.15) is 0 Å². The molecule has 3 aromatic rings. The molecule has 0 bridgehead atoms. The Kier molecular flexibility index (Phi) is 5.49. The van der Waals surface area contributed by atoms with Crippen molar-refractivity contribution in [3.63, 3.8) is 0 Å². The summed E-state index contributed by atoms with van der Waals surface area (Å²) in [5, 5.41) is 3.00. The van der Waals surface area contributed by atoms with Gasteiger partial charge in [0, 0.05) is 56.5 Å². The van der Waals surface area contributed by atoms with Gasteiger partial charge >= 0.3 is 0 Å². The first-order chi connectivity index (χ1) is 14.0. The van der Waals surface area contributed by atoms with E-state index in [1.54, 1.807) is 6.07 Å². The number of hydrogen-bond acceptors (Lipinski definition) is 4. The zero-order valence-corrected chi connectivity index (χ0v) is 17.0. The number of hydrogen-bond donors (Lipinski definition) is 1. The van der Waals surface area contributed by atoms with E-state index in [2.05, 4.69) is 34.0 Å². The molecular weight excluding hydrogens is 366 g/mol. The van der Waals surface area contributed by atoms with Crippen molar-refractivity contribution in [3.05, 3.63) is 69.8 Å². The highest BCUT2D eigenvalue weighted by atomic mass is 16.2. The zero-order valence-electron chi connectivity index (χ0n) is 17.0. The van der Waals surface area contributed by atoms with Gasteiger partial charge in [-0.3, -0.25) is 19.6 Å². The molecule has 0 radical (unpaired) electrons. The van der Waals surface area contributed by atoms with E-state index in [-0.39, 0.29) is 17.5 Å². The minimum Gasteiger partial charge on any atom is -0.334 e. The highest BCUT2D eigenvalue weighted by Gasteiger charge is 2.28. The second kappa shape index (κ2) is 8.21. The summed E-state index contributed by atoms with van der Waals surface area (Å²) >= 11 is 0. The molecule has 1 aromatic carbocycles. The molecule has 1 atom stereocenters. The first kappa shape index (κ1) is 19.4. The Hall–Kier alpha value is -2.93. The lowest BCUT2D eigenvalue weighted by atomic mass is 10.1. The first-order valence-electron chi connectivity index (χ1n) is 10.2. The number of aromatic nitrogens is 3. The molecule has 7 nitrogen and oxygen atoms in total. The number of carbonyl (C=O) groups is 1. The van der Waals surface area contributed by atoms with Gasteiger partial charge in [-0.25, -0.2) is 9.50 Å². The summed E-state index contributed by atoms with van der Waals surface area (Å²) in [5.41, 5.74) is 3.31. The van der Waals surface area contributed by atoms with Gasteiger partial charge < -0.3 is 4.90 Å². The fourth-order valence-electron chi connectivity index (χ4n) is 4.05. The van der Waals surface area contributed by atoms with E-state index in [0.29, 0.717) is 31.7 Å². The van der Waals surface area contributed by atoms with Crippen molar-refractivity contribution in [3.8, 4) is 0 Å². The van der Waals surface area contributed by atoms with Crippen molar-refractivity contribution in [2.45, 2.75) is 45.8 Å². The third-order valence-corrected chi connectivity index (χ3v) is 5.56. The van der Waals surface area contributed by atoms with E-state index < -0.39 is 0 Å². The summed E-state index contributed by atoms with van der Waals surface area (Å²) in [6.45, 7) is 6.69. The van der Waals surface area contributed by atoms with Crippen molar-refractivity contribution < 1.29 is 4.79 Å². The largest absolute Gasteiger partial charge is 0.334 e. The van der Waals surface area contributed by atoms with Crippen molar-refractivity contribution in [1.82, 2.24) is 24.4 Å². The highest BCUT2D eigenvalue weighted by molar-refractivity contribution is 5.77. The summed E-state index contributed by atoms with van der Waals surface area (Å²) in [6.07, 6.45) is 1.37. The van der Waals surface area contributed by atoms with Crippen LogP contribution in [0, 0.1) is 6.92 Å². The predicted octanol–water partition coefficient (Wildman–Crippen LogP) is 2.34. The van der Waals surface area contributed by atoms with E-state index in [4.69, 9.17) is 0 Å². The van der Waals surface area contributed by atoms with Gasteiger partial charge in [-0.15, -0.1) is 0 Å². The lowest BCUT2D eigenvalue weighted by molar-refractivity contribution is -0.133. The quantitative estimate of drug-likeness (QED) is 0.722. The van der Waals surface area contributed by atoms with Crippen molar-refractivity contribution in [2.24, 2.45) is 0 Å². The first-order valence-corrected chi connectivity index (χ1v) is 10.2. The SMILES string of the molecule is CC[C@H]1CN(Cc2cc(=O)n3[nH]c(C)cc3n2)CCC(=O)N1Cc1ccccc1. The maximum atomic E-state index is 12.8. The van der Waals surface area contributed by atoms with Gasteiger partial charge in [-0.1, -0.05) is 37.3 Å². The molecule has 1 fully saturated rings. The summed E-state index contributed by atoms with van der Waals surface area (Å²) < 4.78 is 1.46. The average molecular weight is 393 g/mol. The Morgan fingerprint density at radius 3 is 2.69 bits per heavy atom. The summed E-state index contributed by atoms with van der Waals surface area (Å²) in [7, 11) is 0. The van der Waals surface area contributed by atoms with E-state index in [9.17, 15) is 9.59 Å². The van der Waals surface area contributed by atoms with Gasteiger partial charge in [0.15, 0.2) is 5.65 Å². The van der Waals surface area contributed by atoms with E-state index in [1.165, 1.54) is 4.52 Å². The molecular formula is C22H27N5O2. The number of aryl methyl sites for hydroxylation is 1. The van der Waals surface area contributed by atoms with Gasteiger partial charge in [0.2, 0.25) is 5.91 Å². The Morgan fingerprint density at radius 1 is 1.14 bits per heavy atom. The number of fused-ring (bicyclic) bond motifs is 1. The number of rotatable bonds is 5. The monoisotopic (exact) mass is 393 g/mol. The fraction of sp³-hybridized carbons (Fsp3) is 0.409. The third-order valence-electron chi connectivity index (χ3n) is 5.56. The Bertz CT molecular complexity index is 1060. The predicted molar refractivity (Wildman–Crippen MR) is 112 cm³/mol. The molecule has 7 heteroatoms. The molecule has 0 spiro atoms. The van der Waals surface area contributed by atoms with Crippen LogP contribution in [0.4, 0.5) is 0 Å². The molecule has 1 N–H and O–H groups in total. The van der Waals surface area contributed by atoms with Crippen LogP contribution in [0.3, 0.4) is 0 Å². The molecule has 29 heavy (non-hydrogen) atoms. The number of H-pyrrole nitrogens is 1. The standard InChI is InChI=1S/C22H27N5O2/c1-3-19-15-25(10-9-21(28)26(19)13-17-7-5-4-6-8-17)14-18-12-22(29)27-20(23-18)11-16(2)24-27/h4-8,11-12,19,24H,3,9-10,13-15H2,1-2H3/t19-/m0/s1. The molecule has 4 rings (SSSR count). The van der Waals surface area contributed by atoms with Crippen molar-refractivity contribution in [2.75, 3.05) is 13.1 Å². The second-order valence-corrected chi connectivity index (χ2v) is 7.77. The number of carbonyl (C=O) groups excluding carboxylic acids is 1. The lowest BCUT2D eigenvalue weighted by Crippen LogP contribution is -2.42. The van der Waals surface area contributed by atoms with Gasteiger partial charge in [0.05, 0.1) is 5.69 Å². The summed E-state index contributed by atoms with van der Waals surface area (Å²) in [4.78, 5) is 34.1. The third kappa shape index (κ3) is 4.24. The molecule has 1 saturated heterocycles. The van der Waals surface area contributed by atoms with Crippen LogP contribution in [0.1, 0.15) is 36.7 Å². The maximum Gasteiger partial charge on any atom is 0.272 e. The molecule has 152 valence electrons. The normalized spacial score (nSPS) is 18.3. The van der Waals surface area contributed by atoms with E-state index >= 15 is 0 Å². The van der Waals surface area contributed by atoms with Crippen molar-refractivity contribution >= 4 is 11.6 Å².